The van der Waals surface area contributed by atoms with Crippen LogP contribution >= 0.6 is 0 Å². The van der Waals surface area contributed by atoms with Crippen LogP contribution in [-0.2, 0) is 0 Å². The summed E-state index contributed by atoms with van der Waals surface area (Å²) < 4.78 is 0. The van der Waals surface area contributed by atoms with Crippen molar-refractivity contribution < 1.29 is 15.0 Å². The number of carboxylic acid groups (broad SMARTS) is 1. The molecule has 0 amide bonds. The minimum atomic E-state index is -0.986. The number of aromatic carboxylic acids is 1. The maximum atomic E-state index is 10.2. The second-order valence-electron chi connectivity index (χ2n) is 5.82. The summed E-state index contributed by atoms with van der Waals surface area (Å²) in [5.41, 5.74) is 5.60. The molecule has 0 aromatic heterocycles. The molecule has 1 aromatic carbocycles. The molecule has 0 saturated carbocycles. The van der Waals surface area contributed by atoms with Crippen LogP contribution in [0, 0.1) is 0 Å². The Hall–Kier alpha value is -1.55. The summed E-state index contributed by atoms with van der Waals surface area (Å²) in [6.07, 6.45) is 13.9. The monoisotopic (exact) mass is 323 g/mol. The van der Waals surface area contributed by atoms with Crippen LogP contribution in [0.25, 0.3) is 0 Å². The van der Waals surface area contributed by atoms with Gasteiger partial charge < -0.3 is 15.9 Å². The number of carboxylic acids is 1. The highest BCUT2D eigenvalue weighted by Crippen LogP contribution is 2.10. The van der Waals surface area contributed by atoms with Crippen molar-refractivity contribution in [2.24, 2.45) is 5.73 Å². The Morgan fingerprint density at radius 1 is 0.870 bits per heavy atom. The average molecular weight is 323 g/mol. The molecule has 0 atom stereocenters. The standard InChI is InChI=1S/C12H27N.C7H6O3/c1-2-3-4-5-6-7-8-9-10-11-12-13;8-6-3-1-5(2-4-6)7(9)10/h2-13H2,1H3;1-4,8H,(H,9,10). The second-order valence-corrected chi connectivity index (χ2v) is 5.82. The Bertz CT molecular complexity index is 380. The van der Waals surface area contributed by atoms with E-state index in [0.29, 0.717) is 0 Å². The van der Waals surface area contributed by atoms with Crippen molar-refractivity contribution in [1.82, 2.24) is 0 Å². The summed E-state index contributed by atoms with van der Waals surface area (Å²) in [7, 11) is 0. The van der Waals surface area contributed by atoms with Crippen molar-refractivity contribution in [2.75, 3.05) is 6.54 Å². The summed E-state index contributed by atoms with van der Waals surface area (Å²) in [4.78, 5) is 10.2. The van der Waals surface area contributed by atoms with Crippen molar-refractivity contribution in [1.29, 1.82) is 0 Å². The molecule has 4 nitrogen and oxygen atoms in total. The molecule has 132 valence electrons. The predicted octanol–water partition coefficient (Wildman–Crippen LogP) is 4.96. The Balaban J connectivity index is 0.000000433. The Morgan fingerprint density at radius 3 is 1.70 bits per heavy atom. The van der Waals surface area contributed by atoms with Crippen molar-refractivity contribution in [2.45, 2.75) is 71.1 Å². The van der Waals surface area contributed by atoms with E-state index in [-0.39, 0.29) is 11.3 Å². The number of hydrogen-bond donors (Lipinski definition) is 3. The van der Waals surface area contributed by atoms with Gasteiger partial charge in [-0.15, -0.1) is 0 Å². The lowest BCUT2D eigenvalue weighted by atomic mass is 10.1. The van der Waals surface area contributed by atoms with Crippen LogP contribution < -0.4 is 5.73 Å². The number of benzene rings is 1. The first-order valence-corrected chi connectivity index (χ1v) is 8.84. The van der Waals surface area contributed by atoms with Gasteiger partial charge >= 0.3 is 5.97 Å². The van der Waals surface area contributed by atoms with Gasteiger partial charge in [0.25, 0.3) is 0 Å². The highest BCUT2D eigenvalue weighted by atomic mass is 16.4. The molecule has 0 aliphatic rings. The molecule has 0 saturated heterocycles. The van der Waals surface area contributed by atoms with Crippen molar-refractivity contribution in [3.05, 3.63) is 29.8 Å². The molecule has 0 aliphatic heterocycles. The Kier molecular flexibility index (Phi) is 14.3. The SMILES string of the molecule is CCCCCCCCCCCCN.O=C(O)c1ccc(O)cc1. The molecular weight excluding hydrogens is 290 g/mol. The summed E-state index contributed by atoms with van der Waals surface area (Å²) in [6, 6.07) is 5.36. The van der Waals surface area contributed by atoms with Crippen LogP contribution in [0.4, 0.5) is 0 Å². The molecule has 0 unspecified atom stereocenters. The molecule has 1 aromatic rings. The molecule has 0 spiro atoms. The summed E-state index contributed by atoms with van der Waals surface area (Å²) >= 11 is 0. The van der Waals surface area contributed by atoms with Crippen molar-refractivity contribution >= 4 is 5.97 Å². The Morgan fingerprint density at radius 2 is 1.30 bits per heavy atom. The zero-order valence-corrected chi connectivity index (χ0v) is 14.5. The molecule has 4 heteroatoms. The quantitative estimate of drug-likeness (QED) is 0.503. The number of carbonyl (C=O) groups is 1. The molecule has 0 aliphatic carbocycles. The average Bonchev–Trinajstić information content (AvgIpc) is 2.54. The van der Waals surface area contributed by atoms with Gasteiger partial charge in [0.2, 0.25) is 0 Å². The highest BCUT2D eigenvalue weighted by molar-refractivity contribution is 5.87. The number of nitrogens with two attached hydrogens (primary N) is 1. The lowest BCUT2D eigenvalue weighted by Gasteiger charge is -2.00. The van der Waals surface area contributed by atoms with Gasteiger partial charge in [-0.25, -0.2) is 4.79 Å². The fraction of sp³-hybridized carbons (Fsp3) is 0.632. The van der Waals surface area contributed by atoms with Gasteiger partial charge in [-0.2, -0.15) is 0 Å². The van der Waals surface area contributed by atoms with E-state index in [1.807, 2.05) is 0 Å². The van der Waals surface area contributed by atoms with Crippen LogP contribution in [0.15, 0.2) is 24.3 Å². The van der Waals surface area contributed by atoms with E-state index in [9.17, 15) is 4.79 Å². The lowest BCUT2D eigenvalue weighted by molar-refractivity contribution is 0.0697. The summed E-state index contributed by atoms with van der Waals surface area (Å²) in [5.74, 6) is -0.912. The molecule has 0 bridgehead atoms. The highest BCUT2D eigenvalue weighted by Gasteiger charge is 1.99. The minimum absolute atomic E-state index is 0.0741. The fourth-order valence-corrected chi connectivity index (χ4v) is 2.24. The third kappa shape index (κ3) is 13.8. The molecule has 1 rings (SSSR count). The van der Waals surface area contributed by atoms with E-state index in [4.69, 9.17) is 15.9 Å². The van der Waals surface area contributed by atoms with Crippen molar-refractivity contribution in [3.8, 4) is 5.75 Å². The van der Waals surface area contributed by atoms with E-state index in [1.54, 1.807) is 0 Å². The zero-order valence-electron chi connectivity index (χ0n) is 14.5. The number of rotatable bonds is 11. The van der Waals surface area contributed by atoms with Gasteiger partial charge in [0.1, 0.15) is 5.75 Å². The molecule has 0 heterocycles. The topological polar surface area (TPSA) is 83.6 Å². The van der Waals surface area contributed by atoms with Gasteiger partial charge in [-0.05, 0) is 37.2 Å². The number of phenolic OH excluding ortho intramolecular Hbond substituents is 1. The second kappa shape index (κ2) is 15.3. The van der Waals surface area contributed by atoms with Crippen LogP contribution in [0.5, 0.6) is 5.75 Å². The van der Waals surface area contributed by atoms with Crippen molar-refractivity contribution in [3.63, 3.8) is 0 Å². The lowest BCUT2D eigenvalue weighted by Crippen LogP contribution is -1.97. The third-order valence-corrected chi connectivity index (χ3v) is 3.67. The number of phenols is 1. The maximum absolute atomic E-state index is 10.2. The zero-order chi connectivity index (χ0) is 17.3. The van der Waals surface area contributed by atoms with Crippen LogP contribution in [0.3, 0.4) is 0 Å². The molecule has 4 N–H and O–H groups in total. The first kappa shape index (κ1) is 21.4. The molecule has 23 heavy (non-hydrogen) atoms. The van der Waals surface area contributed by atoms with Crippen LogP contribution in [0.1, 0.15) is 81.5 Å². The van der Waals surface area contributed by atoms with E-state index in [1.165, 1.54) is 88.5 Å². The molecular formula is C19H33NO3. The van der Waals surface area contributed by atoms with Gasteiger partial charge in [-0.3, -0.25) is 0 Å². The maximum Gasteiger partial charge on any atom is 0.335 e. The van der Waals surface area contributed by atoms with E-state index in [2.05, 4.69) is 6.92 Å². The van der Waals surface area contributed by atoms with E-state index in [0.717, 1.165) is 6.54 Å². The number of aromatic hydroxyl groups is 1. The molecule has 0 radical (unpaired) electrons. The van der Waals surface area contributed by atoms with Gasteiger partial charge in [0, 0.05) is 0 Å². The fourth-order valence-electron chi connectivity index (χ4n) is 2.24. The number of hydrogen-bond acceptors (Lipinski definition) is 3. The third-order valence-electron chi connectivity index (χ3n) is 3.67. The Labute approximate surface area is 140 Å². The van der Waals surface area contributed by atoms with Gasteiger partial charge in [-0.1, -0.05) is 64.7 Å². The van der Waals surface area contributed by atoms with E-state index < -0.39 is 5.97 Å². The predicted molar refractivity (Wildman–Crippen MR) is 96.0 cm³/mol. The van der Waals surface area contributed by atoms with Crippen LogP contribution in [0.2, 0.25) is 0 Å². The summed E-state index contributed by atoms with van der Waals surface area (Å²) in [6.45, 7) is 3.14. The first-order valence-electron chi connectivity index (χ1n) is 8.84. The minimum Gasteiger partial charge on any atom is -0.508 e. The van der Waals surface area contributed by atoms with Gasteiger partial charge in [0.15, 0.2) is 0 Å². The van der Waals surface area contributed by atoms with Gasteiger partial charge in [0.05, 0.1) is 5.56 Å². The normalized spacial score (nSPS) is 10.0. The smallest absolute Gasteiger partial charge is 0.335 e. The first-order chi connectivity index (χ1) is 11.1. The number of unbranched alkanes of at least 4 members (excludes halogenated alkanes) is 9. The van der Waals surface area contributed by atoms with Crippen LogP contribution in [-0.4, -0.2) is 22.7 Å². The molecule has 0 fully saturated rings. The van der Waals surface area contributed by atoms with E-state index >= 15 is 0 Å². The summed E-state index contributed by atoms with van der Waals surface area (Å²) in [5, 5.41) is 17.1. The largest absolute Gasteiger partial charge is 0.508 e.